The van der Waals surface area contributed by atoms with E-state index in [1.54, 1.807) is 7.05 Å². The van der Waals surface area contributed by atoms with E-state index in [0.29, 0.717) is 6.42 Å². The van der Waals surface area contributed by atoms with Crippen molar-refractivity contribution >= 4 is 17.9 Å². The minimum absolute atomic E-state index is 0.403. The summed E-state index contributed by atoms with van der Waals surface area (Å²) in [6.07, 6.45) is 0.284. The molecule has 0 aliphatic rings. The van der Waals surface area contributed by atoms with Crippen LogP contribution in [0.5, 0.6) is 0 Å². The molecule has 0 rings (SSSR count). The number of nitrogens with two attached hydrogens (primary N) is 1. The first-order valence-electron chi connectivity index (χ1n) is 5.67. The Balaban J connectivity index is 4.70. The molecular formula is C11H21N3O4. The molecule has 3 amide bonds. The van der Waals surface area contributed by atoms with Crippen molar-refractivity contribution in [1.29, 1.82) is 0 Å². The Morgan fingerprint density at radius 2 is 1.89 bits per heavy atom. The molecule has 0 heterocycles. The molecule has 0 radical (unpaired) electrons. The van der Waals surface area contributed by atoms with E-state index < -0.39 is 35.9 Å². The predicted molar refractivity (Wildman–Crippen MR) is 65.9 cm³/mol. The molecule has 0 unspecified atom stereocenters. The van der Waals surface area contributed by atoms with Crippen LogP contribution in [0.25, 0.3) is 0 Å². The summed E-state index contributed by atoms with van der Waals surface area (Å²) in [7, 11) is 1.57. The molecule has 0 saturated carbocycles. The Morgan fingerprint density at radius 1 is 1.39 bits per heavy atom. The smallest absolute Gasteiger partial charge is 0.326 e. The molecule has 4 N–H and O–H groups in total. The van der Waals surface area contributed by atoms with Gasteiger partial charge >= 0.3 is 12.0 Å². The van der Waals surface area contributed by atoms with Crippen molar-refractivity contribution in [3.05, 3.63) is 0 Å². The van der Waals surface area contributed by atoms with E-state index in [1.165, 1.54) is 4.90 Å². The van der Waals surface area contributed by atoms with Crippen LogP contribution < -0.4 is 11.1 Å². The van der Waals surface area contributed by atoms with Crippen LogP contribution in [-0.4, -0.2) is 46.5 Å². The normalized spacial score (nSPS) is 12.7. The lowest BCUT2D eigenvalue weighted by Gasteiger charge is -2.35. The van der Waals surface area contributed by atoms with Crippen molar-refractivity contribution in [1.82, 2.24) is 10.2 Å². The third-order valence-electron chi connectivity index (χ3n) is 3.08. The van der Waals surface area contributed by atoms with Crippen molar-refractivity contribution in [2.45, 2.75) is 45.2 Å². The minimum Gasteiger partial charge on any atom is -0.480 e. The second kappa shape index (κ2) is 6.23. The van der Waals surface area contributed by atoms with Gasteiger partial charge in [0.25, 0.3) is 0 Å². The van der Waals surface area contributed by atoms with Gasteiger partial charge in [-0.1, -0.05) is 6.92 Å². The van der Waals surface area contributed by atoms with Crippen LogP contribution >= 0.6 is 0 Å². The molecule has 7 heteroatoms. The molecule has 104 valence electrons. The molecule has 7 nitrogen and oxygen atoms in total. The highest BCUT2D eigenvalue weighted by Crippen LogP contribution is 2.16. The number of carbonyl (C=O) groups excluding carboxylic acids is 2. The molecule has 0 aliphatic carbocycles. The molecule has 1 atom stereocenters. The summed E-state index contributed by atoms with van der Waals surface area (Å²) >= 11 is 0. The van der Waals surface area contributed by atoms with Gasteiger partial charge in [0.1, 0.15) is 6.04 Å². The number of hydrogen-bond acceptors (Lipinski definition) is 3. The fraction of sp³-hybridized carbons (Fsp3) is 0.727. The molecule has 0 aromatic rings. The van der Waals surface area contributed by atoms with Crippen LogP contribution in [0, 0.1) is 0 Å². The largest absolute Gasteiger partial charge is 0.480 e. The molecule has 0 spiro atoms. The Kier molecular flexibility index (Phi) is 5.61. The highest BCUT2D eigenvalue weighted by Gasteiger charge is 2.29. The predicted octanol–water partition coefficient (Wildman–Crippen LogP) is 0.145. The van der Waals surface area contributed by atoms with E-state index in [1.807, 2.05) is 20.8 Å². The fourth-order valence-electron chi connectivity index (χ4n) is 1.16. The SMILES string of the molecule is CCC(C)(C)N(C)C(=O)N[C@H](CC(N)=O)C(=O)O. The maximum atomic E-state index is 11.8. The average molecular weight is 259 g/mol. The van der Waals surface area contributed by atoms with Gasteiger partial charge in [0, 0.05) is 12.6 Å². The fourth-order valence-corrected chi connectivity index (χ4v) is 1.16. The number of carboxylic acids is 1. The third-order valence-corrected chi connectivity index (χ3v) is 3.08. The van der Waals surface area contributed by atoms with Crippen molar-refractivity contribution in [2.24, 2.45) is 5.73 Å². The molecule has 0 aromatic heterocycles. The monoisotopic (exact) mass is 259 g/mol. The average Bonchev–Trinajstić information content (AvgIpc) is 2.26. The van der Waals surface area contributed by atoms with Crippen LogP contribution in [0.4, 0.5) is 4.79 Å². The molecule has 0 saturated heterocycles. The van der Waals surface area contributed by atoms with E-state index in [9.17, 15) is 14.4 Å². The number of carbonyl (C=O) groups is 3. The van der Waals surface area contributed by atoms with Crippen molar-refractivity contribution in [3.63, 3.8) is 0 Å². The van der Waals surface area contributed by atoms with Gasteiger partial charge in [-0.3, -0.25) is 4.79 Å². The summed E-state index contributed by atoms with van der Waals surface area (Å²) in [5.41, 5.74) is 4.52. The molecule has 0 fully saturated rings. The van der Waals surface area contributed by atoms with E-state index in [4.69, 9.17) is 10.8 Å². The van der Waals surface area contributed by atoms with Gasteiger partial charge in [-0.2, -0.15) is 0 Å². The molecule has 18 heavy (non-hydrogen) atoms. The number of rotatable bonds is 6. The zero-order valence-electron chi connectivity index (χ0n) is 11.2. The van der Waals surface area contributed by atoms with Gasteiger partial charge in [0.2, 0.25) is 5.91 Å². The van der Waals surface area contributed by atoms with Gasteiger partial charge in [-0.05, 0) is 20.3 Å². The van der Waals surface area contributed by atoms with Crippen molar-refractivity contribution in [3.8, 4) is 0 Å². The summed E-state index contributed by atoms with van der Waals surface area (Å²) in [5, 5.41) is 11.1. The lowest BCUT2D eigenvalue weighted by atomic mass is 10.0. The zero-order valence-corrected chi connectivity index (χ0v) is 11.2. The second-order valence-corrected chi connectivity index (χ2v) is 4.74. The standard InChI is InChI=1S/C11H21N3O4/c1-5-11(2,3)14(4)10(18)13-7(9(16)17)6-8(12)15/h7H,5-6H2,1-4H3,(H2,12,15)(H,13,18)(H,16,17)/t7-/m1/s1. The Hall–Kier alpha value is -1.79. The molecule has 0 aliphatic heterocycles. The van der Waals surface area contributed by atoms with Crippen LogP contribution in [0.3, 0.4) is 0 Å². The number of amides is 3. The number of urea groups is 1. The van der Waals surface area contributed by atoms with E-state index in [0.717, 1.165) is 0 Å². The van der Waals surface area contributed by atoms with Gasteiger partial charge < -0.3 is 21.1 Å². The van der Waals surface area contributed by atoms with E-state index in [-0.39, 0.29) is 0 Å². The zero-order chi connectivity index (χ0) is 14.5. The topological polar surface area (TPSA) is 113 Å². The van der Waals surface area contributed by atoms with Crippen LogP contribution in [-0.2, 0) is 9.59 Å². The van der Waals surface area contributed by atoms with Crippen LogP contribution in [0.1, 0.15) is 33.6 Å². The van der Waals surface area contributed by atoms with Crippen molar-refractivity contribution < 1.29 is 19.5 Å². The maximum Gasteiger partial charge on any atom is 0.326 e. The first-order valence-corrected chi connectivity index (χ1v) is 5.67. The highest BCUT2D eigenvalue weighted by molar-refractivity contribution is 5.87. The summed E-state index contributed by atoms with van der Waals surface area (Å²) in [5.74, 6) is -2.06. The van der Waals surface area contributed by atoms with Crippen LogP contribution in [0.15, 0.2) is 0 Å². The molecule has 0 bridgehead atoms. The van der Waals surface area contributed by atoms with Crippen molar-refractivity contribution in [2.75, 3.05) is 7.05 Å². The molecular weight excluding hydrogens is 238 g/mol. The first kappa shape index (κ1) is 16.2. The summed E-state index contributed by atoms with van der Waals surface area (Å²) in [6, 6.07) is -1.85. The number of nitrogens with one attached hydrogen (secondary N) is 1. The Labute approximate surface area is 106 Å². The number of carboxylic acid groups (broad SMARTS) is 1. The van der Waals surface area contributed by atoms with Gasteiger partial charge in [-0.25, -0.2) is 9.59 Å². The van der Waals surface area contributed by atoms with E-state index in [2.05, 4.69) is 5.32 Å². The van der Waals surface area contributed by atoms with Gasteiger partial charge in [-0.15, -0.1) is 0 Å². The maximum absolute atomic E-state index is 11.8. The van der Waals surface area contributed by atoms with E-state index >= 15 is 0 Å². The summed E-state index contributed by atoms with van der Waals surface area (Å²) in [4.78, 5) is 34.8. The van der Waals surface area contributed by atoms with Crippen LogP contribution in [0.2, 0.25) is 0 Å². The quantitative estimate of drug-likeness (QED) is 0.630. The number of primary amides is 1. The Morgan fingerprint density at radius 3 is 2.22 bits per heavy atom. The van der Waals surface area contributed by atoms with Gasteiger partial charge in [0.15, 0.2) is 0 Å². The van der Waals surface area contributed by atoms with Gasteiger partial charge in [0.05, 0.1) is 6.42 Å². The Bertz CT molecular complexity index is 341. The molecule has 0 aromatic carbocycles. The third kappa shape index (κ3) is 4.60. The summed E-state index contributed by atoms with van der Waals surface area (Å²) in [6.45, 7) is 5.63. The first-order chi connectivity index (χ1) is 8.11. The number of nitrogens with zero attached hydrogens (tertiary/aromatic N) is 1. The number of hydrogen-bond donors (Lipinski definition) is 3. The summed E-state index contributed by atoms with van der Waals surface area (Å²) < 4.78 is 0. The highest BCUT2D eigenvalue weighted by atomic mass is 16.4. The lowest BCUT2D eigenvalue weighted by Crippen LogP contribution is -2.54. The minimum atomic E-state index is -1.30. The second-order valence-electron chi connectivity index (χ2n) is 4.74. The number of aliphatic carboxylic acids is 1. The lowest BCUT2D eigenvalue weighted by molar-refractivity contribution is -0.141.